The first kappa shape index (κ1) is 18.1. The van der Waals surface area contributed by atoms with Gasteiger partial charge in [-0.25, -0.2) is 0 Å². The smallest absolute Gasteiger partial charge is 0.0897 e. The van der Waals surface area contributed by atoms with E-state index < -0.39 is 6.10 Å². The Morgan fingerprint density at radius 3 is 2.81 bits per heavy atom. The molecule has 1 aromatic rings. The maximum atomic E-state index is 9.89. The average Bonchev–Trinajstić information content (AvgIpc) is 2.88. The minimum Gasteiger partial charge on any atom is -0.389 e. The monoisotopic (exact) mass is 297 g/mol. The number of ether oxygens (including phenoxy) is 1. The zero-order valence-electron chi connectivity index (χ0n) is 13.7. The second-order valence-electron chi connectivity index (χ2n) is 5.76. The zero-order valence-corrected chi connectivity index (χ0v) is 13.7. The van der Waals surface area contributed by atoms with Crippen LogP contribution in [0.5, 0.6) is 0 Å². The van der Waals surface area contributed by atoms with Crippen molar-refractivity contribution in [1.82, 2.24) is 15.1 Å². The van der Waals surface area contributed by atoms with Gasteiger partial charge in [-0.05, 0) is 12.3 Å². The summed E-state index contributed by atoms with van der Waals surface area (Å²) in [5, 5.41) is 17.2. The van der Waals surface area contributed by atoms with Gasteiger partial charge in [-0.1, -0.05) is 33.1 Å². The van der Waals surface area contributed by atoms with E-state index >= 15 is 0 Å². The molecule has 2 unspecified atom stereocenters. The van der Waals surface area contributed by atoms with Gasteiger partial charge in [-0.3, -0.25) is 4.68 Å². The first-order chi connectivity index (χ1) is 10.2. The molecule has 0 aliphatic carbocycles. The molecule has 0 spiro atoms. The first-order valence-corrected chi connectivity index (χ1v) is 8.09. The lowest BCUT2D eigenvalue weighted by atomic mass is 10.0. The molecule has 5 heteroatoms. The van der Waals surface area contributed by atoms with Crippen LogP contribution in [0.1, 0.15) is 45.1 Å². The number of aliphatic hydroxyl groups is 1. The highest BCUT2D eigenvalue weighted by Crippen LogP contribution is 2.12. The van der Waals surface area contributed by atoms with Crippen LogP contribution in [0.4, 0.5) is 0 Å². The van der Waals surface area contributed by atoms with E-state index in [1.165, 1.54) is 19.3 Å². The summed E-state index contributed by atoms with van der Waals surface area (Å²) in [6.07, 6.45) is 8.21. The molecule has 0 aromatic carbocycles. The molecule has 122 valence electrons. The number of rotatable bonds is 12. The number of aryl methyl sites for hydroxylation is 1. The second kappa shape index (κ2) is 10.8. The predicted molar refractivity (Wildman–Crippen MR) is 85.0 cm³/mol. The van der Waals surface area contributed by atoms with E-state index in [-0.39, 0.29) is 0 Å². The van der Waals surface area contributed by atoms with Crippen LogP contribution < -0.4 is 5.32 Å². The molecule has 0 aliphatic heterocycles. The molecule has 1 aromatic heterocycles. The quantitative estimate of drug-likeness (QED) is 0.620. The summed E-state index contributed by atoms with van der Waals surface area (Å²) < 4.78 is 7.42. The Hall–Kier alpha value is -0.910. The fourth-order valence-electron chi connectivity index (χ4n) is 2.27. The molecule has 2 N–H and O–H groups in total. The number of hydrogen-bond acceptors (Lipinski definition) is 4. The van der Waals surface area contributed by atoms with Gasteiger partial charge >= 0.3 is 0 Å². The molecule has 0 aliphatic rings. The van der Waals surface area contributed by atoms with Crippen LogP contribution in [-0.4, -0.2) is 40.7 Å². The third-order valence-electron chi connectivity index (χ3n) is 3.67. The van der Waals surface area contributed by atoms with Crippen LogP contribution in [-0.2, 0) is 18.3 Å². The maximum Gasteiger partial charge on any atom is 0.0897 e. The Kier molecular flexibility index (Phi) is 9.30. The van der Waals surface area contributed by atoms with Crippen LogP contribution >= 0.6 is 0 Å². The lowest BCUT2D eigenvalue weighted by Crippen LogP contribution is -2.30. The molecule has 21 heavy (non-hydrogen) atoms. The molecule has 1 rings (SSSR count). The van der Waals surface area contributed by atoms with E-state index in [9.17, 15) is 5.11 Å². The molecule has 2 atom stereocenters. The summed E-state index contributed by atoms with van der Waals surface area (Å²) in [6.45, 7) is 6.85. The average molecular weight is 297 g/mol. The molecule has 0 bridgehead atoms. The fourth-order valence-corrected chi connectivity index (χ4v) is 2.27. The summed E-state index contributed by atoms with van der Waals surface area (Å²) in [5.74, 6) is 0.625. The summed E-state index contributed by atoms with van der Waals surface area (Å²) in [7, 11) is 1.90. The van der Waals surface area contributed by atoms with Crippen molar-refractivity contribution >= 4 is 0 Å². The van der Waals surface area contributed by atoms with Gasteiger partial charge in [0.25, 0.3) is 0 Å². The maximum absolute atomic E-state index is 9.89. The number of unbranched alkanes of at least 4 members (excludes halogenated alkanes) is 1. The fraction of sp³-hybridized carbons (Fsp3) is 0.812. The Balaban J connectivity index is 2.06. The van der Waals surface area contributed by atoms with E-state index in [1.807, 2.05) is 19.4 Å². The van der Waals surface area contributed by atoms with Gasteiger partial charge in [0.15, 0.2) is 0 Å². The van der Waals surface area contributed by atoms with Crippen molar-refractivity contribution in [3.05, 3.63) is 18.0 Å². The molecule has 1 heterocycles. The molecule has 5 nitrogen and oxygen atoms in total. The lowest BCUT2D eigenvalue weighted by Gasteiger charge is -2.17. The van der Waals surface area contributed by atoms with Crippen molar-refractivity contribution in [3.8, 4) is 0 Å². The highest BCUT2D eigenvalue weighted by atomic mass is 16.5. The molecule has 0 saturated carbocycles. The van der Waals surface area contributed by atoms with Crippen molar-refractivity contribution in [2.75, 3.05) is 19.8 Å². The van der Waals surface area contributed by atoms with Gasteiger partial charge in [-0.15, -0.1) is 0 Å². The normalized spacial score (nSPS) is 14.3. The van der Waals surface area contributed by atoms with Crippen molar-refractivity contribution in [3.63, 3.8) is 0 Å². The minimum absolute atomic E-state index is 0.405. The third kappa shape index (κ3) is 8.19. The number of aromatic nitrogens is 2. The predicted octanol–water partition coefficient (Wildman–Crippen LogP) is 2.10. The Bertz CT molecular complexity index is 368. The van der Waals surface area contributed by atoms with Crippen molar-refractivity contribution < 1.29 is 9.84 Å². The standard InChI is InChI=1S/C16H31N3O2/c1-4-6-7-14(5-2)12-21-13-16(20)10-17-8-15-9-18-19(3)11-15/h9,11,14,16-17,20H,4-8,10,12-13H2,1-3H3. The molecule has 0 amide bonds. The highest BCUT2D eigenvalue weighted by Gasteiger charge is 2.09. The van der Waals surface area contributed by atoms with Crippen molar-refractivity contribution in [2.45, 2.75) is 52.2 Å². The van der Waals surface area contributed by atoms with Gasteiger partial charge in [0, 0.05) is 38.5 Å². The van der Waals surface area contributed by atoms with Crippen LogP contribution in [0.15, 0.2) is 12.4 Å². The summed E-state index contributed by atoms with van der Waals surface area (Å²) in [5.41, 5.74) is 1.12. The van der Waals surface area contributed by atoms with Crippen molar-refractivity contribution in [2.24, 2.45) is 13.0 Å². The SMILES string of the molecule is CCCCC(CC)COCC(O)CNCc1cnn(C)c1. The second-order valence-corrected chi connectivity index (χ2v) is 5.76. The third-order valence-corrected chi connectivity index (χ3v) is 3.67. The van der Waals surface area contributed by atoms with Gasteiger partial charge in [0.05, 0.1) is 18.9 Å². The van der Waals surface area contributed by atoms with Crippen molar-refractivity contribution in [1.29, 1.82) is 0 Å². The van der Waals surface area contributed by atoms with Gasteiger partial charge in [0.1, 0.15) is 0 Å². The molecule has 0 fully saturated rings. The number of nitrogens with zero attached hydrogens (tertiary/aromatic N) is 2. The molecule has 0 saturated heterocycles. The Morgan fingerprint density at radius 2 is 2.19 bits per heavy atom. The van der Waals surface area contributed by atoms with Gasteiger partial charge < -0.3 is 15.2 Å². The van der Waals surface area contributed by atoms with E-state index in [0.717, 1.165) is 25.1 Å². The molecular weight excluding hydrogens is 266 g/mol. The number of aliphatic hydroxyl groups excluding tert-OH is 1. The number of hydrogen-bond donors (Lipinski definition) is 2. The topological polar surface area (TPSA) is 59.3 Å². The summed E-state index contributed by atoms with van der Waals surface area (Å²) in [4.78, 5) is 0. The first-order valence-electron chi connectivity index (χ1n) is 8.09. The molecule has 0 radical (unpaired) electrons. The van der Waals surface area contributed by atoms with Crippen LogP contribution in [0.25, 0.3) is 0 Å². The van der Waals surface area contributed by atoms with E-state index in [4.69, 9.17) is 4.74 Å². The highest BCUT2D eigenvalue weighted by molar-refractivity contribution is 5.02. The van der Waals surface area contributed by atoms with E-state index in [1.54, 1.807) is 4.68 Å². The van der Waals surface area contributed by atoms with E-state index in [0.29, 0.717) is 19.1 Å². The largest absolute Gasteiger partial charge is 0.389 e. The lowest BCUT2D eigenvalue weighted by molar-refractivity contribution is 0.0192. The Morgan fingerprint density at radius 1 is 1.38 bits per heavy atom. The number of nitrogens with one attached hydrogen (secondary N) is 1. The van der Waals surface area contributed by atoms with Gasteiger partial charge in [0.2, 0.25) is 0 Å². The minimum atomic E-state index is -0.453. The zero-order chi connectivity index (χ0) is 15.5. The summed E-state index contributed by atoms with van der Waals surface area (Å²) >= 11 is 0. The van der Waals surface area contributed by atoms with Gasteiger partial charge in [-0.2, -0.15) is 5.10 Å². The van der Waals surface area contributed by atoms with E-state index in [2.05, 4.69) is 24.3 Å². The van der Waals surface area contributed by atoms with Crippen LogP contribution in [0.2, 0.25) is 0 Å². The Labute approximate surface area is 128 Å². The summed E-state index contributed by atoms with van der Waals surface area (Å²) in [6, 6.07) is 0. The van der Waals surface area contributed by atoms with Crippen LogP contribution in [0, 0.1) is 5.92 Å². The van der Waals surface area contributed by atoms with Crippen LogP contribution in [0.3, 0.4) is 0 Å². The molecular formula is C16H31N3O2.